The van der Waals surface area contributed by atoms with Crippen LogP contribution in [0.25, 0.3) is 0 Å². The van der Waals surface area contributed by atoms with E-state index in [2.05, 4.69) is 6.58 Å². The van der Waals surface area contributed by atoms with Crippen molar-refractivity contribution in [3.05, 3.63) is 35.5 Å². The Balaban J connectivity index is 5.13. The number of rotatable bonds is 7. The summed E-state index contributed by atoms with van der Waals surface area (Å²) in [7, 11) is 0. The summed E-state index contributed by atoms with van der Waals surface area (Å²) in [5.41, 5.74) is -0.482. The first-order valence-corrected chi connectivity index (χ1v) is 7.11. The van der Waals surface area contributed by atoms with Gasteiger partial charge in [-0.15, -0.1) is 0 Å². The molecular weight excluding hydrogens is 300 g/mol. The van der Waals surface area contributed by atoms with Crippen molar-refractivity contribution in [1.29, 1.82) is 0 Å². The summed E-state index contributed by atoms with van der Waals surface area (Å²) in [6, 6.07) is 0. The van der Waals surface area contributed by atoms with Crippen molar-refractivity contribution < 1.29 is 29.3 Å². The highest BCUT2D eigenvalue weighted by Gasteiger charge is 2.20. The van der Waals surface area contributed by atoms with Crippen LogP contribution in [0.15, 0.2) is 35.5 Å². The predicted molar refractivity (Wildman–Crippen MR) is 85.9 cm³/mol. The van der Waals surface area contributed by atoms with Crippen molar-refractivity contribution in [1.82, 2.24) is 0 Å². The molecule has 0 aromatic rings. The molecule has 1 unspecified atom stereocenters. The Hall–Kier alpha value is -2.37. The highest BCUT2D eigenvalue weighted by molar-refractivity contribution is 5.91. The van der Waals surface area contributed by atoms with E-state index in [9.17, 15) is 19.5 Å². The molecule has 0 aliphatic rings. The molecule has 0 aromatic heterocycles. The van der Waals surface area contributed by atoms with E-state index in [-0.39, 0.29) is 23.1 Å². The molecule has 0 aromatic carbocycles. The number of aliphatic carboxylic acids is 2. The lowest BCUT2D eigenvalue weighted by Crippen LogP contribution is -2.24. The average Bonchev–Trinajstić information content (AvgIpc) is 2.35. The molecule has 1 atom stereocenters. The number of carbonyl (C=O) groups excluding carboxylic acids is 1. The van der Waals surface area contributed by atoms with Crippen LogP contribution in [0, 0.1) is 5.92 Å². The van der Waals surface area contributed by atoms with Crippen LogP contribution in [0.2, 0.25) is 0 Å². The maximum Gasteiger partial charge on any atom is 0.334 e. The lowest BCUT2D eigenvalue weighted by molar-refractivity contribution is -0.150. The van der Waals surface area contributed by atoms with Crippen LogP contribution in [0.4, 0.5) is 0 Å². The fraction of sp³-hybridized carbons (Fsp3) is 0.471. The monoisotopic (exact) mass is 324 g/mol. The molecule has 0 bridgehead atoms. The number of carboxylic acid groups (broad SMARTS) is 2. The van der Waals surface area contributed by atoms with E-state index >= 15 is 0 Å². The minimum Gasteiger partial charge on any atom is -0.478 e. The van der Waals surface area contributed by atoms with Crippen LogP contribution in [0.1, 0.15) is 41.0 Å². The lowest BCUT2D eigenvalue weighted by atomic mass is 9.96. The second-order valence-electron chi connectivity index (χ2n) is 6.22. The van der Waals surface area contributed by atoms with Gasteiger partial charge in [0.2, 0.25) is 0 Å². The molecular formula is C17H24O6. The van der Waals surface area contributed by atoms with Gasteiger partial charge in [0.1, 0.15) is 5.60 Å². The van der Waals surface area contributed by atoms with Gasteiger partial charge in [-0.25, -0.2) is 14.4 Å². The molecule has 0 radical (unpaired) electrons. The molecule has 6 nitrogen and oxygen atoms in total. The Morgan fingerprint density at radius 3 is 2.09 bits per heavy atom. The van der Waals surface area contributed by atoms with Crippen molar-refractivity contribution in [2.75, 3.05) is 0 Å². The van der Waals surface area contributed by atoms with Crippen molar-refractivity contribution in [3.63, 3.8) is 0 Å². The average molecular weight is 324 g/mol. The SMILES string of the molecule is C=C(CC=C(C(=O)O)C(C)C=C(C)C(=O)O)C(=O)OC(C)(C)C. The number of carboxylic acids is 2. The maximum absolute atomic E-state index is 11.8. The topological polar surface area (TPSA) is 101 Å². The summed E-state index contributed by atoms with van der Waals surface area (Å²) in [6.07, 6.45) is 2.71. The van der Waals surface area contributed by atoms with Gasteiger partial charge in [-0.05, 0) is 34.1 Å². The van der Waals surface area contributed by atoms with Crippen molar-refractivity contribution in [2.45, 2.75) is 46.6 Å². The third-order valence-electron chi connectivity index (χ3n) is 2.83. The second-order valence-corrected chi connectivity index (χ2v) is 6.22. The Labute approximate surface area is 136 Å². The van der Waals surface area contributed by atoms with E-state index in [1.54, 1.807) is 27.7 Å². The summed E-state index contributed by atoms with van der Waals surface area (Å²) >= 11 is 0. The Kier molecular flexibility index (Phi) is 7.46. The number of hydrogen-bond acceptors (Lipinski definition) is 4. The van der Waals surface area contributed by atoms with Crippen molar-refractivity contribution in [2.24, 2.45) is 5.92 Å². The Bertz CT molecular complexity index is 560. The van der Waals surface area contributed by atoms with E-state index in [0.717, 1.165) is 0 Å². The van der Waals surface area contributed by atoms with E-state index in [1.165, 1.54) is 19.1 Å². The highest BCUT2D eigenvalue weighted by Crippen LogP contribution is 2.18. The van der Waals surface area contributed by atoms with Crippen LogP contribution < -0.4 is 0 Å². The smallest absolute Gasteiger partial charge is 0.334 e. The summed E-state index contributed by atoms with van der Waals surface area (Å²) in [5.74, 6) is -3.50. The van der Waals surface area contributed by atoms with Gasteiger partial charge in [0.25, 0.3) is 0 Å². The number of esters is 1. The fourth-order valence-corrected chi connectivity index (χ4v) is 1.67. The highest BCUT2D eigenvalue weighted by atomic mass is 16.6. The first kappa shape index (κ1) is 20.6. The maximum atomic E-state index is 11.8. The first-order valence-electron chi connectivity index (χ1n) is 7.11. The quantitative estimate of drug-likeness (QED) is 0.551. The molecule has 23 heavy (non-hydrogen) atoms. The van der Waals surface area contributed by atoms with Gasteiger partial charge < -0.3 is 14.9 Å². The molecule has 0 aliphatic carbocycles. The van der Waals surface area contributed by atoms with E-state index in [1.807, 2.05) is 0 Å². The molecule has 0 amide bonds. The summed E-state index contributed by atoms with van der Waals surface area (Å²) in [6.45, 7) is 11.7. The van der Waals surface area contributed by atoms with Gasteiger partial charge in [0.15, 0.2) is 0 Å². The lowest BCUT2D eigenvalue weighted by Gasteiger charge is -2.20. The van der Waals surface area contributed by atoms with Crippen LogP contribution in [0.3, 0.4) is 0 Å². The molecule has 0 saturated carbocycles. The predicted octanol–water partition coefficient (Wildman–Crippen LogP) is 2.95. The molecule has 0 fully saturated rings. The normalized spacial score (nSPS) is 14.1. The third kappa shape index (κ3) is 7.99. The van der Waals surface area contributed by atoms with E-state index in [0.29, 0.717) is 0 Å². The first-order chi connectivity index (χ1) is 10.3. The number of ether oxygens (including phenoxy) is 1. The summed E-state index contributed by atoms with van der Waals surface area (Å²) in [5, 5.41) is 18.1. The molecule has 2 N–H and O–H groups in total. The van der Waals surface area contributed by atoms with Crippen molar-refractivity contribution in [3.8, 4) is 0 Å². The van der Waals surface area contributed by atoms with Gasteiger partial charge in [-0.1, -0.05) is 25.7 Å². The zero-order valence-electron chi connectivity index (χ0n) is 14.2. The van der Waals surface area contributed by atoms with Gasteiger partial charge in [0.05, 0.1) is 0 Å². The van der Waals surface area contributed by atoms with Crippen LogP contribution in [0.5, 0.6) is 0 Å². The molecule has 0 saturated heterocycles. The van der Waals surface area contributed by atoms with E-state index in [4.69, 9.17) is 9.84 Å². The standard InChI is InChI=1S/C17H24O6/c1-10(16(22)23-17(4,5)6)7-8-13(15(20)21)11(2)9-12(3)14(18)19/h8-9,11H,1,7H2,2-6H3,(H,18,19)(H,20,21). The second kappa shape index (κ2) is 8.31. The summed E-state index contributed by atoms with van der Waals surface area (Å²) < 4.78 is 5.14. The number of carbonyl (C=O) groups is 3. The fourth-order valence-electron chi connectivity index (χ4n) is 1.67. The number of allylic oxidation sites excluding steroid dienone is 2. The molecule has 128 valence electrons. The summed E-state index contributed by atoms with van der Waals surface area (Å²) in [4.78, 5) is 33.9. The van der Waals surface area contributed by atoms with Gasteiger partial charge in [0, 0.05) is 22.6 Å². The number of hydrogen-bond donors (Lipinski definition) is 2. The van der Waals surface area contributed by atoms with Crippen LogP contribution >= 0.6 is 0 Å². The molecule has 0 rings (SSSR count). The molecule has 0 spiro atoms. The van der Waals surface area contributed by atoms with Crippen LogP contribution in [-0.4, -0.2) is 33.7 Å². The van der Waals surface area contributed by atoms with Gasteiger partial charge in [-0.3, -0.25) is 0 Å². The van der Waals surface area contributed by atoms with E-state index < -0.39 is 29.4 Å². The molecule has 0 heterocycles. The molecule has 0 aliphatic heterocycles. The Morgan fingerprint density at radius 1 is 1.17 bits per heavy atom. The largest absolute Gasteiger partial charge is 0.478 e. The minimum absolute atomic E-state index is 0.00434. The van der Waals surface area contributed by atoms with Crippen LogP contribution in [-0.2, 0) is 19.1 Å². The molecule has 6 heteroatoms. The van der Waals surface area contributed by atoms with Gasteiger partial charge in [-0.2, -0.15) is 0 Å². The third-order valence-corrected chi connectivity index (χ3v) is 2.83. The zero-order valence-corrected chi connectivity index (χ0v) is 14.2. The Morgan fingerprint density at radius 2 is 1.70 bits per heavy atom. The zero-order chi connectivity index (χ0) is 18.4. The van der Waals surface area contributed by atoms with Crippen molar-refractivity contribution >= 4 is 17.9 Å². The minimum atomic E-state index is -1.18. The van der Waals surface area contributed by atoms with Gasteiger partial charge >= 0.3 is 17.9 Å².